The number of nitrogen functional groups attached to an aromatic ring is 1. The van der Waals surface area contributed by atoms with Crippen molar-refractivity contribution in [2.24, 2.45) is 0 Å². The minimum atomic E-state index is -0.366. The topological polar surface area (TPSA) is 47.7 Å². The molecular formula is C31H34F2N2O2. The van der Waals surface area contributed by atoms with Crippen LogP contribution in [0.1, 0.15) is 47.9 Å². The van der Waals surface area contributed by atoms with E-state index in [-0.39, 0.29) is 24.3 Å². The Kier molecular flexibility index (Phi) is 7.75. The predicted molar refractivity (Wildman–Crippen MR) is 145 cm³/mol. The maximum absolute atomic E-state index is 14.7. The third kappa shape index (κ3) is 5.64. The standard InChI is InChI=1S/C31H34F2N2O2/c1-36-30-13-8-23(19-29(30)33)27-5-2-4-22-18-24(34)9-12-28(22)31(27)21-6-10-25(11-7-21)37-26-14-17-35(20-26)16-3-15-32/h6-13,18-19,26H,2-5,14-17,20,34H2,1H3/t26-/m0/s1. The van der Waals surface area contributed by atoms with Crippen molar-refractivity contribution in [2.75, 3.05) is 39.2 Å². The van der Waals surface area contributed by atoms with Crippen molar-refractivity contribution in [2.45, 2.75) is 38.2 Å². The number of fused-ring (bicyclic) bond motifs is 1. The molecule has 1 saturated heterocycles. The number of hydrogen-bond acceptors (Lipinski definition) is 4. The summed E-state index contributed by atoms with van der Waals surface area (Å²) in [6, 6.07) is 19.5. The lowest BCUT2D eigenvalue weighted by atomic mass is 9.87. The van der Waals surface area contributed by atoms with Crippen LogP contribution in [0.3, 0.4) is 0 Å². The molecule has 2 N–H and O–H groups in total. The first-order valence-electron chi connectivity index (χ1n) is 13.1. The fourth-order valence-corrected chi connectivity index (χ4v) is 5.55. The van der Waals surface area contributed by atoms with Gasteiger partial charge in [0.15, 0.2) is 11.6 Å². The molecule has 0 unspecified atom stereocenters. The number of alkyl halides is 1. The molecule has 3 aromatic carbocycles. The van der Waals surface area contributed by atoms with Crippen LogP contribution in [0.2, 0.25) is 0 Å². The number of likely N-dealkylation sites (tertiary alicyclic amines) is 1. The van der Waals surface area contributed by atoms with Crippen LogP contribution in [-0.4, -0.2) is 44.4 Å². The van der Waals surface area contributed by atoms with Gasteiger partial charge in [0.2, 0.25) is 0 Å². The number of allylic oxidation sites excluding steroid dienone is 1. The summed E-state index contributed by atoms with van der Waals surface area (Å²) < 4.78 is 38.6. The van der Waals surface area contributed by atoms with E-state index in [1.807, 2.05) is 24.3 Å². The molecule has 3 aromatic rings. The Hall–Kier alpha value is -3.38. The molecule has 1 atom stereocenters. The van der Waals surface area contributed by atoms with E-state index in [9.17, 15) is 8.78 Å². The molecule has 0 aromatic heterocycles. The SMILES string of the molecule is COc1ccc(C2=C(c3ccc(O[C@H]4CCN(CCCF)C4)cc3)c3ccc(N)cc3CCC2)cc1F. The third-order valence-electron chi connectivity index (χ3n) is 7.36. The summed E-state index contributed by atoms with van der Waals surface area (Å²) in [6.07, 6.45) is 4.32. The van der Waals surface area contributed by atoms with Crippen LogP contribution in [0, 0.1) is 5.82 Å². The van der Waals surface area contributed by atoms with Gasteiger partial charge in [0.25, 0.3) is 0 Å². The summed E-state index contributed by atoms with van der Waals surface area (Å²) in [5.41, 5.74) is 13.3. The number of halogens is 2. The molecule has 1 fully saturated rings. The largest absolute Gasteiger partial charge is 0.494 e. The molecule has 0 amide bonds. The van der Waals surface area contributed by atoms with Crippen LogP contribution in [0.25, 0.3) is 11.1 Å². The van der Waals surface area contributed by atoms with Crippen molar-refractivity contribution in [3.8, 4) is 11.5 Å². The van der Waals surface area contributed by atoms with Gasteiger partial charge in [-0.1, -0.05) is 24.3 Å². The highest BCUT2D eigenvalue weighted by Gasteiger charge is 2.24. The second-order valence-corrected chi connectivity index (χ2v) is 9.87. The van der Waals surface area contributed by atoms with Crippen molar-refractivity contribution in [3.63, 3.8) is 0 Å². The average Bonchev–Trinajstić information content (AvgIpc) is 3.26. The van der Waals surface area contributed by atoms with E-state index >= 15 is 0 Å². The number of nitrogens with two attached hydrogens (primary N) is 1. The van der Waals surface area contributed by atoms with Gasteiger partial charge in [-0.15, -0.1) is 0 Å². The van der Waals surface area contributed by atoms with E-state index < -0.39 is 0 Å². The Morgan fingerprint density at radius 3 is 2.57 bits per heavy atom. The summed E-state index contributed by atoms with van der Waals surface area (Å²) in [4.78, 5) is 2.26. The molecule has 0 saturated carbocycles. The Labute approximate surface area is 217 Å². The zero-order valence-corrected chi connectivity index (χ0v) is 21.3. The second kappa shape index (κ2) is 11.3. The molecule has 1 aliphatic carbocycles. The molecule has 0 bridgehead atoms. The van der Waals surface area contributed by atoms with Crippen molar-refractivity contribution >= 4 is 16.8 Å². The van der Waals surface area contributed by atoms with E-state index in [4.69, 9.17) is 15.2 Å². The van der Waals surface area contributed by atoms with Crippen LogP contribution in [-0.2, 0) is 6.42 Å². The second-order valence-electron chi connectivity index (χ2n) is 9.87. The van der Waals surface area contributed by atoms with Gasteiger partial charge in [0.05, 0.1) is 13.8 Å². The Balaban J connectivity index is 1.48. The highest BCUT2D eigenvalue weighted by Crippen LogP contribution is 2.41. The highest BCUT2D eigenvalue weighted by atomic mass is 19.1. The Morgan fingerprint density at radius 1 is 1.00 bits per heavy atom. The third-order valence-corrected chi connectivity index (χ3v) is 7.36. The predicted octanol–water partition coefficient (Wildman–Crippen LogP) is 6.52. The van der Waals surface area contributed by atoms with Crippen molar-refractivity contribution < 1.29 is 18.3 Å². The van der Waals surface area contributed by atoms with Crippen molar-refractivity contribution in [1.82, 2.24) is 4.90 Å². The van der Waals surface area contributed by atoms with E-state index in [0.29, 0.717) is 6.42 Å². The number of methoxy groups -OCH3 is 1. The molecule has 5 rings (SSSR count). The van der Waals surface area contributed by atoms with Crippen molar-refractivity contribution in [3.05, 3.63) is 88.7 Å². The van der Waals surface area contributed by atoms with Gasteiger partial charge in [0.1, 0.15) is 11.9 Å². The smallest absolute Gasteiger partial charge is 0.165 e. The van der Waals surface area contributed by atoms with E-state index in [2.05, 4.69) is 29.2 Å². The number of rotatable bonds is 8. The maximum atomic E-state index is 14.7. The molecule has 1 heterocycles. The fraction of sp³-hybridized carbons (Fsp3) is 0.355. The summed E-state index contributed by atoms with van der Waals surface area (Å²) >= 11 is 0. The molecule has 37 heavy (non-hydrogen) atoms. The number of ether oxygens (including phenoxy) is 2. The molecule has 6 heteroatoms. The van der Waals surface area contributed by atoms with E-state index in [1.165, 1.54) is 12.7 Å². The summed E-state index contributed by atoms with van der Waals surface area (Å²) in [5.74, 6) is 0.698. The van der Waals surface area contributed by atoms with Crippen LogP contribution < -0.4 is 15.2 Å². The first kappa shape index (κ1) is 25.3. The number of nitrogens with zero attached hydrogens (tertiary/aromatic N) is 1. The zero-order valence-electron chi connectivity index (χ0n) is 21.3. The maximum Gasteiger partial charge on any atom is 0.165 e. The van der Waals surface area contributed by atoms with Crippen LogP contribution >= 0.6 is 0 Å². The number of hydrogen-bond donors (Lipinski definition) is 1. The lowest BCUT2D eigenvalue weighted by molar-refractivity contribution is 0.198. The molecule has 1 aliphatic heterocycles. The number of benzene rings is 3. The fourth-order valence-electron chi connectivity index (χ4n) is 5.55. The minimum Gasteiger partial charge on any atom is -0.494 e. The first-order valence-corrected chi connectivity index (χ1v) is 13.1. The van der Waals surface area contributed by atoms with Crippen LogP contribution in [0.5, 0.6) is 11.5 Å². The molecule has 0 radical (unpaired) electrons. The minimum absolute atomic E-state index is 0.115. The normalized spacial score (nSPS) is 18.0. The number of aryl methyl sites for hydroxylation is 1. The molecular weight excluding hydrogens is 470 g/mol. The summed E-state index contributed by atoms with van der Waals surface area (Å²) in [5, 5.41) is 0. The van der Waals surface area contributed by atoms with E-state index in [1.54, 1.807) is 12.1 Å². The molecule has 194 valence electrons. The van der Waals surface area contributed by atoms with Gasteiger partial charge in [-0.3, -0.25) is 9.29 Å². The summed E-state index contributed by atoms with van der Waals surface area (Å²) in [6.45, 7) is 2.27. The van der Waals surface area contributed by atoms with Gasteiger partial charge in [-0.25, -0.2) is 4.39 Å². The van der Waals surface area contributed by atoms with Crippen molar-refractivity contribution in [1.29, 1.82) is 0 Å². The zero-order chi connectivity index (χ0) is 25.8. The number of anilines is 1. The van der Waals surface area contributed by atoms with Crippen LogP contribution in [0.15, 0.2) is 60.7 Å². The monoisotopic (exact) mass is 504 g/mol. The van der Waals surface area contributed by atoms with Gasteiger partial charge in [-0.2, -0.15) is 0 Å². The first-order chi connectivity index (χ1) is 18.1. The molecule has 2 aliphatic rings. The van der Waals surface area contributed by atoms with Gasteiger partial charge >= 0.3 is 0 Å². The van der Waals surface area contributed by atoms with Gasteiger partial charge in [0, 0.05) is 25.3 Å². The summed E-state index contributed by atoms with van der Waals surface area (Å²) in [7, 11) is 1.48. The molecule has 0 spiro atoms. The van der Waals surface area contributed by atoms with Gasteiger partial charge in [-0.05, 0) is 102 Å². The lowest BCUT2D eigenvalue weighted by Crippen LogP contribution is -2.26. The quantitative estimate of drug-likeness (QED) is 0.355. The van der Waals surface area contributed by atoms with E-state index in [0.717, 1.165) is 84.6 Å². The molecule has 4 nitrogen and oxygen atoms in total. The Bertz CT molecular complexity index is 1270. The van der Waals surface area contributed by atoms with Gasteiger partial charge < -0.3 is 15.2 Å². The highest BCUT2D eigenvalue weighted by molar-refractivity contribution is 6.00. The van der Waals surface area contributed by atoms with Crippen LogP contribution in [0.4, 0.5) is 14.5 Å². The lowest BCUT2D eigenvalue weighted by Gasteiger charge is -2.19. The Morgan fingerprint density at radius 2 is 1.81 bits per heavy atom. The average molecular weight is 505 g/mol.